The van der Waals surface area contributed by atoms with E-state index in [9.17, 15) is 0 Å². The Balaban J connectivity index is 1.61. The topological polar surface area (TPSA) is 20.7 Å². The third-order valence-electron chi connectivity index (χ3n) is 7.52. The van der Waals surface area contributed by atoms with Gasteiger partial charge in [-0.3, -0.25) is 0 Å². The number of rotatable bonds is 2. The Morgan fingerprint density at radius 2 is 1.08 bits per heavy atom. The molecule has 0 saturated carbocycles. The third kappa shape index (κ3) is 2.61. The normalized spacial score (nSPS) is 11.9. The minimum absolute atomic E-state index is 1.17. The number of nitrogens with one attached hydrogen (secondary N) is 1. The van der Waals surface area contributed by atoms with Gasteiger partial charge in [-0.15, -0.1) is 0 Å². The number of aromatic nitrogens is 2. The highest BCUT2D eigenvalue weighted by atomic mass is 15.0. The Kier molecular flexibility index (Phi) is 3.97. The van der Waals surface area contributed by atoms with Crippen LogP contribution in [0.5, 0.6) is 0 Å². The molecule has 2 heterocycles. The van der Waals surface area contributed by atoms with Gasteiger partial charge in [0, 0.05) is 38.3 Å². The molecule has 8 aromatic rings. The van der Waals surface area contributed by atoms with Crippen LogP contribution in [0, 0.1) is 0 Å². The summed E-state index contributed by atoms with van der Waals surface area (Å²) in [7, 11) is 0. The Bertz CT molecular complexity index is 2090. The summed E-state index contributed by atoms with van der Waals surface area (Å²) in [6, 6.07) is 45.9. The summed E-state index contributed by atoms with van der Waals surface area (Å²) >= 11 is 0. The second kappa shape index (κ2) is 7.34. The molecule has 2 nitrogen and oxygen atoms in total. The van der Waals surface area contributed by atoms with Crippen molar-refractivity contribution in [3.05, 3.63) is 127 Å². The van der Waals surface area contributed by atoms with Gasteiger partial charge in [0.25, 0.3) is 0 Å². The van der Waals surface area contributed by atoms with Gasteiger partial charge in [-0.05, 0) is 58.3 Å². The van der Waals surface area contributed by atoms with E-state index in [-0.39, 0.29) is 0 Å². The molecule has 0 atom stereocenters. The van der Waals surface area contributed by atoms with Crippen molar-refractivity contribution < 1.29 is 0 Å². The van der Waals surface area contributed by atoms with E-state index in [4.69, 9.17) is 0 Å². The number of hydrogen-bond donors (Lipinski definition) is 1. The molecule has 2 aromatic heterocycles. The van der Waals surface area contributed by atoms with Crippen LogP contribution >= 0.6 is 0 Å². The lowest BCUT2D eigenvalue weighted by Crippen LogP contribution is -1.93. The predicted molar refractivity (Wildman–Crippen MR) is 153 cm³/mol. The smallest absolute Gasteiger partial charge is 0.0547 e. The highest BCUT2D eigenvalue weighted by Crippen LogP contribution is 2.44. The average Bonchev–Trinajstić information content (AvgIpc) is 3.49. The van der Waals surface area contributed by atoms with Gasteiger partial charge >= 0.3 is 0 Å². The molecule has 36 heavy (non-hydrogen) atoms. The third-order valence-corrected chi connectivity index (χ3v) is 7.52. The van der Waals surface area contributed by atoms with E-state index in [1.54, 1.807) is 0 Å². The van der Waals surface area contributed by atoms with Gasteiger partial charge in [-0.2, -0.15) is 0 Å². The SMILES string of the molecule is c1ccc(-n2c3cccc(-c4cccc5[nH]c6ccccc6c45)c3c3c4ccccc4ccc32)cc1. The lowest BCUT2D eigenvalue weighted by Gasteiger charge is -2.09. The Hall–Kier alpha value is -4.82. The second-order valence-corrected chi connectivity index (χ2v) is 9.45. The first-order chi connectivity index (χ1) is 17.9. The number of nitrogens with zero attached hydrogens (tertiary/aromatic N) is 1. The largest absolute Gasteiger partial charge is 0.354 e. The molecule has 0 aliphatic rings. The summed E-state index contributed by atoms with van der Waals surface area (Å²) in [6.45, 7) is 0. The average molecular weight is 459 g/mol. The number of aromatic amines is 1. The van der Waals surface area contributed by atoms with Gasteiger partial charge in [0.2, 0.25) is 0 Å². The molecule has 0 unspecified atom stereocenters. The fourth-order valence-electron chi connectivity index (χ4n) is 6.03. The molecule has 0 aliphatic carbocycles. The minimum atomic E-state index is 1.17. The highest BCUT2D eigenvalue weighted by molar-refractivity contribution is 6.27. The Morgan fingerprint density at radius 3 is 1.97 bits per heavy atom. The molecule has 0 fully saturated rings. The van der Waals surface area contributed by atoms with Crippen LogP contribution in [0.25, 0.3) is 71.2 Å². The number of H-pyrrole nitrogens is 1. The molecular formula is C34H22N2. The maximum Gasteiger partial charge on any atom is 0.0547 e. The van der Waals surface area contributed by atoms with Gasteiger partial charge in [0.15, 0.2) is 0 Å². The van der Waals surface area contributed by atoms with E-state index >= 15 is 0 Å². The number of para-hydroxylation sites is 2. The summed E-state index contributed by atoms with van der Waals surface area (Å²) in [4.78, 5) is 3.63. The fourth-order valence-corrected chi connectivity index (χ4v) is 6.03. The summed E-state index contributed by atoms with van der Waals surface area (Å²) in [6.07, 6.45) is 0. The second-order valence-electron chi connectivity index (χ2n) is 9.45. The monoisotopic (exact) mass is 458 g/mol. The van der Waals surface area contributed by atoms with E-state index in [0.717, 1.165) is 0 Å². The molecule has 0 spiro atoms. The van der Waals surface area contributed by atoms with E-state index < -0.39 is 0 Å². The lowest BCUT2D eigenvalue weighted by atomic mass is 9.94. The van der Waals surface area contributed by atoms with Gasteiger partial charge in [0.1, 0.15) is 0 Å². The first kappa shape index (κ1) is 19.5. The Labute approximate surface area is 208 Å². The zero-order valence-corrected chi connectivity index (χ0v) is 19.6. The van der Waals surface area contributed by atoms with Crippen LogP contribution < -0.4 is 0 Å². The van der Waals surface area contributed by atoms with Crippen molar-refractivity contribution in [2.45, 2.75) is 0 Å². The molecule has 8 rings (SSSR count). The van der Waals surface area contributed by atoms with Crippen LogP contribution in [-0.2, 0) is 0 Å². The van der Waals surface area contributed by atoms with E-state index in [1.165, 1.54) is 71.2 Å². The lowest BCUT2D eigenvalue weighted by molar-refractivity contribution is 1.18. The van der Waals surface area contributed by atoms with Crippen molar-refractivity contribution in [3.8, 4) is 16.8 Å². The van der Waals surface area contributed by atoms with Crippen molar-refractivity contribution in [2.24, 2.45) is 0 Å². The number of hydrogen-bond acceptors (Lipinski definition) is 0. The minimum Gasteiger partial charge on any atom is -0.354 e. The van der Waals surface area contributed by atoms with Gasteiger partial charge in [-0.25, -0.2) is 0 Å². The molecule has 6 aromatic carbocycles. The van der Waals surface area contributed by atoms with Crippen molar-refractivity contribution >= 4 is 54.4 Å². The van der Waals surface area contributed by atoms with Crippen LogP contribution in [0.15, 0.2) is 127 Å². The van der Waals surface area contributed by atoms with Crippen LogP contribution in [0.4, 0.5) is 0 Å². The zero-order chi connectivity index (χ0) is 23.6. The number of benzene rings is 6. The predicted octanol–water partition coefficient (Wildman–Crippen LogP) is 9.24. The molecule has 0 bridgehead atoms. The van der Waals surface area contributed by atoms with Crippen molar-refractivity contribution in [3.63, 3.8) is 0 Å². The molecule has 0 saturated heterocycles. The summed E-state index contributed by atoms with van der Waals surface area (Å²) in [5.74, 6) is 0. The molecule has 0 amide bonds. The molecule has 0 aliphatic heterocycles. The van der Waals surface area contributed by atoms with Crippen molar-refractivity contribution in [2.75, 3.05) is 0 Å². The quantitative estimate of drug-likeness (QED) is 0.266. The van der Waals surface area contributed by atoms with Crippen LogP contribution in [0.2, 0.25) is 0 Å². The Morgan fingerprint density at radius 1 is 0.417 bits per heavy atom. The summed E-state index contributed by atoms with van der Waals surface area (Å²) < 4.78 is 2.41. The molecule has 0 radical (unpaired) electrons. The maximum absolute atomic E-state index is 3.63. The maximum atomic E-state index is 3.63. The summed E-state index contributed by atoms with van der Waals surface area (Å²) in [5, 5.41) is 7.69. The van der Waals surface area contributed by atoms with Gasteiger partial charge in [0.05, 0.1) is 11.0 Å². The first-order valence-electron chi connectivity index (χ1n) is 12.4. The van der Waals surface area contributed by atoms with E-state index in [2.05, 4.69) is 137 Å². The van der Waals surface area contributed by atoms with Gasteiger partial charge in [-0.1, -0.05) is 91.0 Å². The molecule has 1 N–H and O–H groups in total. The van der Waals surface area contributed by atoms with Crippen LogP contribution in [-0.4, -0.2) is 9.55 Å². The summed E-state index contributed by atoms with van der Waals surface area (Å²) in [5.41, 5.74) is 8.49. The van der Waals surface area contributed by atoms with E-state index in [0.29, 0.717) is 0 Å². The van der Waals surface area contributed by atoms with Crippen LogP contribution in [0.3, 0.4) is 0 Å². The van der Waals surface area contributed by atoms with Gasteiger partial charge < -0.3 is 9.55 Å². The van der Waals surface area contributed by atoms with E-state index in [1.807, 2.05) is 0 Å². The molecule has 168 valence electrons. The zero-order valence-electron chi connectivity index (χ0n) is 19.6. The molecular weight excluding hydrogens is 436 g/mol. The first-order valence-corrected chi connectivity index (χ1v) is 12.4. The highest BCUT2D eigenvalue weighted by Gasteiger charge is 2.19. The number of fused-ring (bicyclic) bond motifs is 8. The van der Waals surface area contributed by atoms with Crippen molar-refractivity contribution in [1.82, 2.24) is 9.55 Å². The standard InChI is InChI=1S/C34H22N2/c1-2-11-23(12-3-1)36-30-19-9-16-26(34(30)33-24-13-5-4-10-22(24)20-21-31(33)36)25-15-8-18-29-32(25)27-14-6-7-17-28(27)35-29/h1-21,35H. The van der Waals surface area contributed by atoms with Crippen molar-refractivity contribution in [1.29, 1.82) is 0 Å². The fraction of sp³-hybridized carbons (Fsp3) is 0. The molecule has 2 heteroatoms. The van der Waals surface area contributed by atoms with Crippen LogP contribution in [0.1, 0.15) is 0 Å².